The number of thiazole rings is 1. The lowest BCUT2D eigenvalue weighted by Gasteiger charge is -2.06. The smallest absolute Gasteiger partial charge is 0.308 e. The van der Waals surface area contributed by atoms with Gasteiger partial charge in [0.05, 0.1) is 10.6 Å². The molecule has 1 aliphatic rings. The SMILES string of the molecule is Cc1cccc(NC(=O)Nc2nc3c(s2)C(=O)CCC3)c1. The molecule has 2 aromatic rings. The minimum absolute atomic E-state index is 0.126. The van der Waals surface area contributed by atoms with Crippen molar-refractivity contribution in [2.24, 2.45) is 0 Å². The van der Waals surface area contributed by atoms with E-state index in [1.807, 2.05) is 31.2 Å². The summed E-state index contributed by atoms with van der Waals surface area (Å²) in [6.07, 6.45) is 2.22. The highest BCUT2D eigenvalue weighted by atomic mass is 32.1. The van der Waals surface area contributed by atoms with Crippen molar-refractivity contribution in [3.05, 3.63) is 40.4 Å². The number of aryl methyl sites for hydroxylation is 2. The lowest BCUT2D eigenvalue weighted by atomic mass is 10.0. The van der Waals surface area contributed by atoms with E-state index in [0.29, 0.717) is 16.4 Å². The summed E-state index contributed by atoms with van der Waals surface area (Å²) in [5.74, 6) is 0.126. The Balaban J connectivity index is 1.69. The van der Waals surface area contributed by atoms with Gasteiger partial charge in [-0.1, -0.05) is 23.5 Å². The first-order valence-electron chi connectivity index (χ1n) is 6.79. The molecular weight excluding hydrogens is 286 g/mol. The molecule has 0 fully saturated rings. The van der Waals surface area contributed by atoms with Crippen LogP contribution in [-0.4, -0.2) is 16.8 Å². The Kier molecular flexibility index (Phi) is 3.70. The standard InChI is InChI=1S/C15H15N3O2S/c1-9-4-2-5-10(8-9)16-14(20)18-15-17-11-6-3-7-12(19)13(11)21-15/h2,4-5,8H,3,6-7H2,1H3,(H2,16,17,18,20). The molecule has 1 aromatic carbocycles. The number of Topliss-reactive ketones (excluding diaryl/α,β-unsaturated/α-hetero) is 1. The van der Waals surface area contributed by atoms with E-state index in [-0.39, 0.29) is 11.8 Å². The molecule has 0 aliphatic heterocycles. The maximum atomic E-state index is 11.9. The number of nitrogens with one attached hydrogen (secondary N) is 2. The lowest BCUT2D eigenvalue weighted by molar-refractivity contribution is 0.0976. The van der Waals surface area contributed by atoms with Crippen LogP contribution >= 0.6 is 11.3 Å². The normalized spacial score (nSPS) is 13.7. The number of amides is 2. The molecular formula is C15H15N3O2S. The summed E-state index contributed by atoms with van der Waals surface area (Å²) in [5, 5.41) is 5.92. The number of aromatic nitrogens is 1. The third-order valence-corrected chi connectivity index (χ3v) is 4.32. The highest BCUT2D eigenvalue weighted by Crippen LogP contribution is 2.29. The van der Waals surface area contributed by atoms with Gasteiger partial charge in [-0.05, 0) is 37.5 Å². The molecule has 1 heterocycles. The first-order valence-corrected chi connectivity index (χ1v) is 7.61. The fourth-order valence-electron chi connectivity index (χ4n) is 2.30. The Morgan fingerprint density at radius 2 is 2.14 bits per heavy atom. The van der Waals surface area contributed by atoms with Gasteiger partial charge in [0.15, 0.2) is 10.9 Å². The van der Waals surface area contributed by atoms with Gasteiger partial charge < -0.3 is 5.32 Å². The predicted octanol–water partition coefficient (Wildman–Crippen LogP) is 3.61. The summed E-state index contributed by atoms with van der Waals surface area (Å²) in [6.45, 7) is 1.96. The van der Waals surface area contributed by atoms with E-state index in [9.17, 15) is 9.59 Å². The van der Waals surface area contributed by atoms with Gasteiger partial charge in [-0.3, -0.25) is 10.1 Å². The molecule has 2 N–H and O–H groups in total. The zero-order chi connectivity index (χ0) is 14.8. The number of carbonyl (C=O) groups excluding carboxylic acids is 2. The van der Waals surface area contributed by atoms with E-state index in [2.05, 4.69) is 15.6 Å². The minimum atomic E-state index is -0.348. The van der Waals surface area contributed by atoms with Crippen LogP contribution in [0.4, 0.5) is 15.6 Å². The Bertz CT molecular complexity index is 709. The van der Waals surface area contributed by atoms with Crippen LogP contribution in [-0.2, 0) is 6.42 Å². The second-order valence-electron chi connectivity index (χ2n) is 5.02. The molecule has 0 bridgehead atoms. The van der Waals surface area contributed by atoms with Crippen molar-refractivity contribution < 1.29 is 9.59 Å². The summed E-state index contributed by atoms with van der Waals surface area (Å²) in [4.78, 5) is 28.7. The third-order valence-electron chi connectivity index (χ3n) is 3.26. The molecule has 0 atom stereocenters. The summed E-state index contributed by atoms with van der Waals surface area (Å²) < 4.78 is 0. The van der Waals surface area contributed by atoms with Gasteiger partial charge in [0.25, 0.3) is 0 Å². The number of rotatable bonds is 2. The molecule has 1 aliphatic carbocycles. The van der Waals surface area contributed by atoms with Crippen molar-refractivity contribution in [2.45, 2.75) is 26.2 Å². The summed E-state index contributed by atoms with van der Waals surface area (Å²) in [6, 6.07) is 7.20. The highest BCUT2D eigenvalue weighted by Gasteiger charge is 2.22. The monoisotopic (exact) mass is 301 g/mol. The molecule has 2 amide bonds. The number of carbonyl (C=O) groups is 2. The van der Waals surface area contributed by atoms with E-state index < -0.39 is 0 Å². The van der Waals surface area contributed by atoms with Crippen molar-refractivity contribution in [2.75, 3.05) is 10.6 Å². The molecule has 3 rings (SSSR count). The van der Waals surface area contributed by atoms with Gasteiger partial charge in [0.2, 0.25) is 0 Å². The minimum Gasteiger partial charge on any atom is -0.308 e. The summed E-state index contributed by atoms with van der Waals surface area (Å²) in [7, 11) is 0. The fourth-order valence-corrected chi connectivity index (χ4v) is 3.28. The van der Waals surface area contributed by atoms with Crippen molar-refractivity contribution in [1.29, 1.82) is 0 Å². The van der Waals surface area contributed by atoms with Crippen LogP contribution in [0.25, 0.3) is 0 Å². The van der Waals surface area contributed by atoms with Gasteiger partial charge in [-0.25, -0.2) is 9.78 Å². The Morgan fingerprint density at radius 1 is 1.29 bits per heavy atom. The zero-order valence-corrected chi connectivity index (χ0v) is 12.4. The molecule has 21 heavy (non-hydrogen) atoms. The van der Waals surface area contributed by atoms with Gasteiger partial charge in [0.1, 0.15) is 0 Å². The maximum Gasteiger partial charge on any atom is 0.325 e. The molecule has 0 saturated heterocycles. The molecule has 0 radical (unpaired) electrons. The van der Waals surface area contributed by atoms with E-state index >= 15 is 0 Å². The largest absolute Gasteiger partial charge is 0.325 e. The second kappa shape index (κ2) is 5.65. The van der Waals surface area contributed by atoms with E-state index in [1.165, 1.54) is 11.3 Å². The topological polar surface area (TPSA) is 71.1 Å². The average molecular weight is 301 g/mol. The fraction of sp³-hybridized carbons (Fsp3) is 0.267. The molecule has 0 spiro atoms. The quantitative estimate of drug-likeness (QED) is 0.890. The number of urea groups is 1. The number of benzene rings is 1. The molecule has 108 valence electrons. The first kappa shape index (κ1) is 13.8. The number of nitrogens with zero attached hydrogens (tertiary/aromatic N) is 1. The van der Waals surface area contributed by atoms with Gasteiger partial charge in [0, 0.05) is 12.1 Å². The van der Waals surface area contributed by atoms with E-state index in [0.717, 1.165) is 29.8 Å². The van der Waals surface area contributed by atoms with Crippen molar-refractivity contribution in [3.63, 3.8) is 0 Å². The molecule has 6 heteroatoms. The van der Waals surface area contributed by atoms with Crippen LogP contribution in [0.1, 0.15) is 33.8 Å². The number of hydrogen-bond acceptors (Lipinski definition) is 4. The van der Waals surface area contributed by atoms with Crippen LogP contribution in [0, 0.1) is 6.92 Å². The molecule has 1 aromatic heterocycles. The Hall–Kier alpha value is -2.21. The number of ketones is 1. The number of anilines is 2. The van der Waals surface area contributed by atoms with E-state index in [4.69, 9.17) is 0 Å². The van der Waals surface area contributed by atoms with Crippen molar-refractivity contribution in [1.82, 2.24) is 4.98 Å². The van der Waals surface area contributed by atoms with E-state index in [1.54, 1.807) is 0 Å². The van der Waals surface area contributed by atoms with Crippen LogP contribution in [0.5, 0.6) is 0 Å². The van der Waals surface area contributed by atoms with Gasteiger partial charge in [-0.2, -0.15) is 0 Å². The lowest BCUT2D eigenvalue weighted by Crippen LogP contribution is -2.19. The van der Waals surface area contributed by atoms with Crippen LogP contribution in [0.3, 0.4) is 0 Å². The first-order chi connectivity index (χ1) is 10.1. The highest BCUT2D eigenvalue weighted by molar-refractivity contribution is 7.17. The molecule has 0 unspecified atom stereocenters. The van der Waals surface area contributed by atoms with Crippen LogP contribution < -0.4 is 10.6 Å². The second-order valence-corrected chi connectivity index (χ2v) is 6.02. The summed E-state index contributed by atoms with van der Waals surface area (Å²) in [5.41, 5.74) is 2.61. The molecule has 0 saturated carbocycles. The van der Waals surface area contributed by atoms with Gasteiger partial charge in [-0.15, -0.1) is 0 Å². The van der Waals surface area contributed by atoms with Crippen LogP contribution in [0.15, 0.2) is 24.3 Å². The Labute approximate surface area is 126 Å². The Morgan fingerprint density at radius 3 is 2.90 bits per heavy atom. The van der Waals surface area contributed by atoms with Crippen molar-refractivity contribution in [3.8, 4) is 0 Å². The van der Waals surface area contributed by atoms with Crippen molar-refractivity contribution >= 4 is 34.0 Å². The number of fused-ring (bicyclic) bond motifs is 1. The third kappa shape index (κ3) is 3.11. The average Bonchev–Trinajstić information content (AvgIpc) is 2.82. The predicted molar refractivity (Wildman–Crippen MR) is 83.2 cm³/mol. The number of hydrogen-bond donors (Lipinski definition) is 2. The van der Waals surface area contributed by atoms with Crippen LogP contribution in [0.2, 0.25) is 0 Å². The maximum absolute atomic E-state index is 11.9. The van der Waals surface area contributed by atoms with Gasteiger partial charge >= 0.3 is 6.03 Å². The zero-order valence-electron chi connectivity index (χ0n) is 11.6. The summed E-state index contributed by atoms with van der Waals surface area (Å²) >= 11 is 1.25. The molecule has 5 nitrogen and oxygen atoms in total.